The molecule has 1 N–H and O–H groups in total. The zero-order chi connectivity index (χ0) is 12.8. The summed E-state index contributed by atoms with van der Waals surface area (Å²) in [5, 5.41) is 6.38. The summed E-state index contributed by atoms with van der Waals surface area (Å²) < 4.78 is 0. The molecule has 0 aliphatic carbocycles. The third-order valence-corrected chi connectivity index (χ3v) is 1.67. The molecule has 0 saturated heterocycles. The van der Waals surface area contributed by atoms with Crippen molar-refractivity contribution in [3.8, 4) is 0 Å². The Morgan fingerprint density at radius 1 is 1.44 bits per heavy atom. The first-order chi connectivity index (χ1) is 7.26. The van der Waals surface area contributed by atoms with Gasteiger partial charge in [-0.15, -0.1) is 0 Å². The second kappa shape index (κ2) is 6.05. The van der Waals surface area contributed by atoms with E-state index in [1.807, 2.05) is 13.8 Å². The Labute approximate surface area is 95.5 Å². The van der Waals surface area contributed by atoms with Crippen molar-refractivity contribution < 1.29 is 14.4 Å². The van der Waals surface area contributed by atoms with E-state index in [1.54, 1.807) is 6.92 Å². The Bertz CT molecular complexity index is 319. The van der Waals surface area contributed by atoms with Crippen LogP contribution in [0.25, 0.3) is 0 Å². The van der Waals surface area contributed by atoms with Crippen LogP contribution in [0.3, 0.4) is 0 Å². The van der Waals surface area contributed by atoms with Gasteiger partial charge in [0.05, 0.1) is 5.71 Å². The number of carbonyl (C=O) groups is 2. The predicted octanol–water partition coefficient (Wildman–Crippen LogP) is 1.40. The van der Waals surface area contributed by atoms with E-state index >= 15 is 0 Å². The standard InChI is InChI=1S/C11H18N2O3/c1-6-10(15)12-11(4,5)7-8(2)13-16-9(3)14/h6H,1,7H2,2-5H3,(H,12,15)/b13-8+. The quantitative estimate of drug-likeness (QED) is 0.333. The molecule has 0 saturated carbocycles. The topological polar surface area (TPSA) is 67.8 Å². The molecule has 5 nitrogen and oxygen atoms in total. The molecule has 16 heavy (non-hydrogen) atoms. The molecule has 0 heterocycles. The minimum absolute atomic E-state index is 0.245. The minimum atomic E-state index is -0.465. The summed E-state index contributed by atoms with van der Waals surface area (Å²) >= 11 is 0. The third-order valence-electron chi connectivity index (χ3n) is 1.67. The lowest BCUT2D eigenvalue weighted by atomic mass is 9.98. The van der Waals surface area contributed by atoms with Crippen molar-refractivity contribution in [2.45, 2.75) is 39.7 Å². The molecule has 0 fully saturated rings. The van der Waals surface area contributed by atoms with Gasteiger partial charge in [0, 0.05) is 18.9 Å². The Morgan fingerprint density at radius 2 is 2.00 bits per heavy atom. The summed E-state index contributed by atoms with van der Waals surface area (Å²) in [6.45, 7) is 10.1. The Hall–Kier alpha value is -1.65. The smallest absolute Gasteiger partial charge is 0.331 e. The number of oxime groups is 1. The lowest BCUT2D eigenvalue weighted by molar-refractivity contribution is -0.141. The van der Waals surface area contributed by atoms with E-state index in [9.17, 15) is 9.59 Å². The summed E-state index contributed by atoms with van der Waals surface area (Å²) in [6.07, 6.45) is 1.69. The number of hydrogen-bond donors (Lipinski definition) is 1. The maximum absolute atomic E-state index is 11.1. The van der Waals surface area contributed by atoms with E-state index in [1.165, 1.54) is 13.0 Å². The SMILES string of the molecule is C=CC(=O)NC(C)(C)C/C(C)=N/OC(C)=O. The number of rotatable bonds is 5. The van der Waals surface area contributed by atoms with E-state index in [0.29, 0.717) is 12.1 Å². The van der Waals surface area contributed by atoms with Gasteiger partial charge in [0.15, 0.2) is 0 Å². The van der Waals surface area contributed by atoms with Crippen molar-refractivity contribution >= 4 is 17.6 Å². The second-order valence-corrected chi connectivity index (χ2v) is 4.16. The summed E-state index contributed by atoms with van der Waals surface area (Å²) in [4.78, 5) is 26.1. The number of nitrogens with one attached hydrogen (secondary N) is 1. The van der Waals surface area contributed by atoms with E-state index in [2.05, 4.69) is 21.9 Å². The van der Waals surface area contributed by atoms with Gasteiger partial charge in [0.25, 0.3) is 0 Å². The molecule has 0 radical (unpaired) electrons. The Balaban J connectivity index is 4.34. The first-order valence-corrected chi connectivity index (χ1v) is 4.92. The molecule has 0 spiro atoms. The Morgan fingerprint density at radius 3 is 2.44 bits per heavy atom. The number of nitrogens with zero attached hydrogens (tertiary/aromatic N) is 1. The molecule has 0 aliphatic heterocycles. The van der Waals surface area contributed by atoms with Crippen LogP contribution in [0.1, 0.15) is 34.1 Å². The van der Waals surface area contributed by atoms with Crippen LogP contribution in [-0.2, 0) is 14.4 Å². The average molecular weight is 226 g/mol. The van der Waals surface area contributed by atoms with Crippen molar-refractivity contribution in [2.75, 3.05) is 0 Å². The molecular weight excluding hydrogens is 208 g/mol. The van der Waals surface area contributed by atoms with Gasteiger partial charge in [0.2, 0.25) is 5.91 Å². The number of carbonyl (C=O) groups excluding carboxylic acids is 2. The first kappa shape index (κ1) is 14.3. The van der Waals surface area contributed by atoms with Crippen LogP contribution in [0, 0.1) is 0 Å². The van der Waals surface area contributed by atoms with Gasteiger partial charge in [-0.25, -0.2) is 4.79 Å². The van der Waals surface area contributed by atoms with Gasteiger partial charge in [-0.05, 0) is 26.8 Å². The van der Waals surface area contributed by atoms with Crippen LogP contribution in [0.4, 0.5) is 0 Å². The maximum atomic E-state index is 11.1. The van der Waals surface area contributed by atoms with Gasteiger partial charge in [-0.2, -0.15) is 0 Å². The number of amides is 1. The average Bonchev–Trinajstić information content (AvgIpc) is 2.13. The van der Waals surface area contributed by atoms with Crippen LogP contribution in [0.5, 0.6) is 0 Å². The van der Waals surface area contributed by atoms with Crippen LogP contribution < -0.4 is 5.32 Å². The molecule has 0 atom stereocenters. The van der Waals surface area contributed by atoms with E-state index < -0.39 is 11.5 Å². The molecule has 0 unspecified atom stereocenters. The van der Waals surface area contributed by atoms with Crippen molar-refractivity contribution in [2.24, 2.45) is 5.16 Å². The van der Waals surface area contributed by atoms with Gasteiger partial charge < -0.3 is 10.2 Å². The molecule has 0 bridgehead atoms. The lowest BCUT2D eigenvalue weighted by Crippen LogP contribution is -2.43. The fraction of sp³-hybridized carbons (Fsp3) is 0.545. The summed E-state index contributed by atoms with van der Waals surface area (Å²) in [5.41, 5.74) is 0.170. The Kier molecular flexibility index (Phi) is 5.42. The van der Waals surface area contributed by atoms with Crippen molar-refractivity contribution in [3.63, 3.8) is 0 Å². The fourth-order valence-corrected chi connectivity index (χ4v) is 1.24. The molecule has 0 aromatic carbocycles. The molecule has 90 valence electrons. The highest BCUT2D eigenvalue weighted by molar-refractivity contribution is 5.89. The summed E-state index contributed by atoms with van der Waals surface area (Å²) in [6, 6.07) is 0. The van der Waals surface area contributed by atoms with E-state index in [0.717, 1.165) is 0 Å². The molecular formula is C11H18N2O3. The van der Waals surface area contributed by atoms with Crippen LogP contribution in [-0.4, -0.2) is 23.1 Å². The fourth-order valence-electron chi connectivity index (χ4n) is 1.24. The highest BCUT2D eigenvalue weighted by Crippen LogP contribution is 2.09. The normalized spacial score (nSPS) is 11.9. The van der Waals surface area contributed by atoms with Gasteiger partial charge in [0.1, 0.15) is 0 Å². The van der Waals surface area contributed by atoms with Crippen LogP contribution >= 0.6 is 0 Å². The van der Waals surface area contributed by atoms with Crippen LogP contribution in [0.15, 0.2) is 17.8 Å². The summed E-state index contributed by atoms with van der Waals surface area (Å²) in [7, 11) is 0. The monoisotopic (exact) mass is 226 g/mol. The van der Waals surface area contributed by atoms with Crippen molar-refractivity contribution in [1.82, 2.24) is 5.32 Å². The van der Waals surface area contributed by atoms with Gasteiger partial charge in [-0.1, -0.05) is 11.7 Å². The van der Waals surface area contributed by atoms with Gasteiger partial charge >= 0.3 is 5.97 Å². The highest BCUT2D eigenvalue weighted by Gasteiger charge is 2.20. The van der Waals surface area contributed by atoms with Crippen molar-refractivity contribution in [3.05, 3.63) is 12.7 Å². The van der Waals surface area contributed by atoms with E-state index in [4.69, 9.17) is 0 Å². The third kappa shape index (κ3) is 6.75. The van der Waals surface area contributed by atoms with Crippen molar-refractivity contribution in [1.29, 1.82) is 0 Å². The van der Waals surface area contributed by atoms with E-state index in [-0.39, 0.29) is 5.91 Å². The van der Waals surface area contributed by atoms with Gasteiger partial charge in [-0.3, -0.25) is 4.79 Å². The zero-order valence-electron chi connectivity index (χ0n) is 10.2. The molecule has 5 heteroatoms. The molecule has 1 amide bonds. The second-order valence-electron chi connectivity index (χ2n) is 4.16. The highest BCUT2D eigenvalue weighted by atomic mass is 16.7. The lowest BCUT2D eigenvalue weighted by Gasteiger charge is -2.25. The summed E-state index contributed by atoms with van der Waals surface area (Å²) in [5.74, 6) is -0.711. The molecule has 0 rings (SSSR count). The molecule has 0 aromatic heterocycles. The largest absolute Gasteiger partial charge is 0.347 e. The molecule has 0 aromatic rings. The number of hydrogen-bond acceptors (Lipinski definition) is 4. The minimum Gasteiger partial charge on any atom is -0.347 e. The predicted molar refractivity (Wildman–Crippen MR) is 61.9 cm³/mol. The first-order valence-electron chi connectivity index (χ1n) is 4.92. The molecule has 0 aliphatic rings. The van der Waals surface area contributed by atoms with Crippen LogP contribution in [0.2, 0.25) is 0 Å². The maximum Gasteiger partial charge on any atom is 0.331 e. The zero-order valence-corrected chi connectivity index (χ0v) is 10.2.